The molecule has 0 spiro atoms. The first-order chi connectivity index (χ1) is 7.27. The first kappa shape index (κ1) is 14.3. The van der Waals surface area contributed by atoms with E-state index in [1.54, 1.807) is 0 Å². The van der Waals surface area contributed by atoms with Crippen molar-refractivity contribution >= 4 is 11.4 Å². The van der Waals surface area contributed by atoms with E-state index in [-0.39, 0.29) is 5.60 Å². The van der Waals surface area contributed by atoms with Crippen molar-refractivity contribution in [1.29, 1.82) is 0 Å². The Morgan fingerprint density at radius 1 is 1.50 bits per heavy atom. The summed E-state index contributed by atoms with van der Waals surface area (Å²) in [7, 11) is 0. The molecule has 1 aliphatic heterocycles. The van der Waals surface area contributed by atoms with Crippen molar-refractivity contribution in [2.24, 2.45) is 11.1 Å². The third-order valence-corrected chi connectivity index (χ3v) is 3.98. The molecule has 16 heavy (non-hydrogen) atoms. The molecule has 0 aliphatic carbocycles. The van der Waals surface area contributed by atoms with Crippen molar-refractivity contribution in [3.8, 4) is 0 Å². The molecule has 1 heterocycles. The predicted octanol–water partition coefficient (Wildman–Crippen LogP) is 1.22. The van der Waals surface area contributed by atoms with Crippen molar-refractivity contribution in [3.63, 3.8) is 0 Å². The van der Waals surface area contributed by atoms with E-state index >= 15 is 0 Å². The summed E-state index contributed by atoms with van der Waals surface area (Å²) in [6, 6.07) is 0. The standard InChI is InChI=1S/C11H23NO3S/c1-9(2)5-15-11(7-14-8-11)6-10(3,4)16(12)13/h9H,5-8,12H2,1-4H3. The van der Waals surface area contributed by atoms with E-state index in [2.05, 4.69) is 13.8 Å². The number of hydrogen-bond acceptors (Lipinski definition) is 4. The van der Waals surface area contributed by atoms with Crippen LogP contribution >= 0.6 is 0 Å². The fourth-order valence-corrected chi connectivity index (χ4v) is 2.16. The van der Waals surface area contributed by atoms with Crippen LogP contribution in [0, 0.1) is 5.92 Å². The summed E-state index contributed by atoms with van der Waals surface area (Å²) in [4.78, 5) is 0. The number of ether oxygens (including phenoxy) is 2. The lowest BCUT2D eigenvalue weighted by molar-refractivity contribution is -0.219. The molecule has 0 aromatic rings. The molecule has 0 amide bonds. The van der Waals surface area contributed by atoms with Gasteiger partial charge in [-0.3, -0.25) is 0 Å². The molecule has 0 bridgehead atoms. The van der Waals surface area contributed by atoms with E-state index in [0.29, 0.717) is 32.2 Å². The van der Waals surface area contributed by atoms with E-state index in [1.165, 1.54) is 0 Å². The number of rotatable bonds is 6. The maximum absolute atomic E-state index is 11.4. The van der Waals surface area contributed by atoms with Gasteiger partial charge < -0.3 is 14.0 Å². The van der Waals surface area contributed by atoms with Crippen LogP contribution in [0.5, 0.6) is 0 Å². The number of nitrogens with two attached hydrogens (primary N) is 1. The van der Waals surface area contributed by atoms with Gasteiger partial charge in [-0.15, -0.1) is 0 Å². The third kappa shape index (κ3) is 3.60. The van der Waals surface area contributed by atoms with Crippen LogP contribution in [0.15, 0.2) is 0 Å². The third-order valence-electron chi connectivity index (χ3n) is 2.75. The van der Waals surface area contributed by atoms with Gasteiger partial charge in [0.05, 0.1) is 13.2 Å². The maximum Gasteiger partial charge on any atom is 0.142 e. The fourth-order valence-electron chi connectivity index (χ4n) is 1.76. The second-order valence-electron chi connectivity index (χ2n) is 5.61. The summed E-state index contributed by atoms with van der Waals surface area (Å²) in [5.41, 5.74) is -0.275. The highest BCUT2D eigenvalue weighted by Crippen LogP contribution is 2.34. The molecule has 0 radical (unpaired) electrons. The van der Waals surface area contributed by atoms with Gasteiger partial charge in [-0.05, 0) is 19.8 Å². The summed E-state index contributed by atoms with van der Waals surface area (Å²) in [6.45, 7) is 9.90. The van der Waals surface area contributed by atoms with Gasteiger partial charge in [-0.1, -0.05) is 13.8 Å². The van der Waals surface area contributed by atoms with Gasteiger partial charge >= 0.3 is 0 Å². The minimum Gasteiger partial charge on any atom is -0.598 e. The van der Waals surface area contributed by atoms with Crippen LogP contribution in [0.4, 0.5) is 0 Å². The van der Waals surface area contributed by atoms with Gasteiger partial charge in [-0.2, -0.15) is 5.14 Å². The molecule has 0 aromatic carbocycles. The molecule has 1 saturated heterocycles. The van der Waals surface area contributed by atoms with Crippen molar-refractivity contribution in [3.05, 3.63) is 0 Å². The average Bonchev–Trinajstić information content (AvgIpc) is 2.08. The molecule has 1 rings (SSSR count). The van der Waals surface area contributed by atoms with Gasteiger partial charge in [-0.25, -0.2) is 0 Å². The van der Waals surface area contributed by atoms with Crippen LogP contribution in [-0.2, 0) is 20.8 Å². The molecule has 96 valence electrons. The normalized spacial score (nSPS) is 21.9. The van der Waals surface area contributed by atoms with Crippen LogP contribution < -0.4 is 5.14 Å². The Bertz CT molecular complexity index is 227. The SMILES string of the molecule is CC(C)COC1(CC(C)(C)[S+](N)[O-])COC1. The van der Waals surface area contributed by atoms with E-state index in [4.69, 9.17) is 14.6 Å². The molecule has 0 saturated carbocycles. The van der Waals surface area contributed by atoms with Crippen LogP contribution in [0.1, 0.15) is 34.1 Å². The van der Waals surface area contributed by atoms with Crippen molar-refractivity contribution in [1.82, 2.24) is 0 Å². The molecule has 0 aromatic heterocycles. The van der Waals surface area contributed by atoms with Gasteiger partial charge in [0.1, 0.15) is 10.3 Å². The number of hydrogen-bond donors (Lipinski definition) is 1. The molecule has 1 atom stereocenters. The fraction of sp³-hybridized carbons (Fsp3) is 1.00. The lowest BCUT2D eigenvalue weighted by Crippen LogP contribution is -2.58. The maximum atomic E-state index is 11.4. The Labute approximate surface area is 101 Å². The summed E-state index contributed by atoms with van der Waals surface area (Å²) >= 11 is -1.34. The Kier molecular flexibility index (Phi) is 4.66. The quantitative estimate of drug-likeness (QED) is 0.719. The second kappa shape index (κ2) is 5.23. The molecule has 5 heteroatoms. The Morgan fingerprint density at radius 3 is 2.38 bits per heavy atom. The lowest BCUT2D eigenvalue weighted by Gasteiger charge is -2.45. The van der Waals surface area contributed by atoms with E-state index < -0.39 is 16.1 Å². The molecule has 1 aliphatic rings. The highest BCUT2D eigenvalue weighted by atomic mass is 32.2. The van der Waals surface area contributed by atoms with Gasteiger partial charge in [0.25, 0.3) is 0 Å². The van der Waals surface area contributed by atoms with E-state index in [9.17, 15) is 4.55 Å². The second-order valence-corrected chi connectivity index (χ2v) is 7.31. The van der Waals surface area contributed by atoms with E-state index in [0.717, 1.165) is 0 Å². The minimum atomic E-state index is -1.34. The monoisotopic (exact) mass is 249 g/mol. The van der Waals surface area contributed by atoms with Gasteiger partial charge in [0.15, 0.2) is 0 Å². The largest absolute Gasteiger partial charge is 0.598 e. The molecule has 2 N–H and O–H groups in total. The van der Waals surface area contributed by atoms with Crippen molar-refractivity contribution < 1.29 is 14.0 Å². The summed E-state index contributed by atoms with van der Waals surface area (Å²) in [5.74, 6) is 0.490. The van der Waals surface area contributed by atoms with E-state index in [1.807, 2.05) is 13.8 Å². The summed E-state index contributed by atoms with van der Waals surface area (Å²) in [5, 5.41) is 5.49. The van der Waals surface area contributed by atoms with Crippen LogP contribution in [0.25, 0.3) is 0 Å². The Hall–Kier alpha value is 0.190. The highest BCUT2D eigenvalue weighted by molar-refractivity contribution is 7.90. The summed E-state index contributed by atoms with van der Waals surface area (Å²) in [6.07, 6.45) is 0.676. The average molecular weight is 249 g/mol. The van der Waals surface area contributed by atoms with Crippen molar-refractivity contribution in [2.75, 3.05) is 19.8 Å². The minimum absolute atomic E-state index is 0.275. The predicted molar refractivity (Wildman–Crippen MR) is 65.4 cm³/mol. The Balaban J connectivity index is 2.53. The first-order valence-corrected chi connectivity index (χ1v) is 6.87. The zero-order valence-corrected chi connectivity index (χ0v) is 11.4. The smallest absolute Gasteiger partial charge is 0.142 e. The van der Waals surface area contributed by atoms with Gasteiger partial charge in [0.2, 0.25) is 0 Å². The first-order valence-electron chi connectivity index (χ1n) is 5.65. The molecular weight excluding hydrogens is 226 g/mol. The molecule has 1 unspecified atom stereocenters. The molecule has 4 nitrogen and oxygen atoms in total. The van der Waals surface area contributed by atoms with Crippen molar-refractivity contribution in [2.45, 2.75) is 44.5 Å². The zero-order chi connectivity index (χ0) is 12.4. The summed E-state index contributed by atoms with van der Waals surface area (Å²) < 4.78 is 22.1. The lowest BCUT2D eigenvalue weighted by atomic mass is 9.89. The van der Waals surface area contributed by atoms with Crippen LogP contribution in [-0.4, -0.2) is 34.7 Å². The molecular formula is C11H23NO3S. The van der Waals surface area contributed by atoms with Crippen LogP contribution in [0.2, 0.25) is 0 Å². The highest BCUT2D eigenvalue weighted by Gasteiger charge is 2.48. The Morgan fingerprint density at radius 2 is 2.06 bits per heavy atom. The topological polar surface area (TPSA) is 67.5 Å². The van der Waals surface area contributed by atoms with Gasteiger partial charge in [0, 0.05) is 24.4 Å². The van der Waals surface area contributed by atoms with Crippen LogP contribution in [0.3, 0.4) is 0 Å². The molecule has 1 fully saturated rings. The zero-order valence-electron chi connectivity index (χ0n) is 10.6.